The number of fused-ring (bicyclic) bond motifs is 1. The summed E-state index contributed by atoms with van der Waals surface area (Å²) in [5.74, 6) is -0.747. The Morgan fingerprint density at radius 1 is 1.15 bits per heavy atom. The van der Waals surface area contributed by atoms with Crippen LogP contribution in [0.25, 0.3) is 0 Å². The molecule has 0 saturated carbocycles. The van der Waals surface area contributed by atoms with Crippen LogP contribution in [0, 0.1) is 12.8 Å². The van der Waals surface area contributed by atoms with E-state index in [1.165, 1.54) is 4.31 Å². The number of aryl methyl sites for hydroxylation is 1. The number of anilines is 2. The standard InChI is InChI=1S/C24H27Br2N3O4S/c1-3-22(30)29-10-8-16-12-18(25)13-21(23(16)29)34(32,33)28-9-4-5-17(14-28)24(31)27-19-6-7-20(26)15(2)11-19/h6-7,11-13,17H,3-5,8-10,14H2,1-2H3,(H,27,31). The minimum atomic E-state index is -3.91. The molecule has 1 atom stereocenters. The topological polar surface area (TPSA) is 86.8 Å². The molecule has 0 radical (unpaired) electrons. The van der Waals surface area contributed by atoms with E-state index in [2.05, 4.69) is 37.2 Å². The quantitative estimate of drug-likeness (QED) is 0.523. The summed E-state index contributed by atoms with van der Waals surface area (Å²) >= 11 is 6.89. The van der Waals surface area contributed by atoms with E-state index >= 15 is 0 Å². The summed E-state index contributed by atoms with van der Waals surface area (Å²) in [5.41, 5.74) is 3.00. The molecular formula is C24H27Br2N3O4S. The zero-order valence-electron chi connectivity index (χ0n) is 19.1. The molecule has 2 aromatic carbocycles. The molecule has 1 N–H and O–H groups in total. The fourth-order valence-electron chi connectivity index (χ4n) is 4.59. The fourth-order valence-corrected chi connectivity index (χ4v) is 7.28. The SMILES string of the molecule is CCC(=O)N1CCc2cc(Br)cc(S(=O)(=O)N3CCCC(C(=O)Nc4ccc(Br)c(C)c4)C3)c21. The van der Waals surface area contributed by atoms with Gasteiger partial charge in [0.25, 0.3) is 0 Å². The first-order valence-corrected chi connectivity index (χ1v) is 14.3. The van der Waals surface area contributed by atoms with Crippen LogP contribution in [0.1, 0.15) is 37.3 Å². The third-order valence-corrected chi connectivity index (χ3v) is 9.62. The normalized spacial score (nSPS) is 18.6. The van der Waals surface area contributed by atoms with E-state index in [1.54, 1.807) is 17.9 Å². The molecule has 182 valence electrons. The van der Waals surface area contributed by atoms with Crippen molar-refractivity contribution in [3.63, 3.8) is 0 Å². The largest absolute Gasteiger partial charge is 0.326 e. The van der Waals surface area contributed by atoms with E-state index in [0.717, 1.165) is 15.6 Å². The zero-order valence-corrected chi connectivity index (χ0v) is 23.1. The van der Waals surface area contributed by atoms with Gasteiger partial charge in [0.1, 0.15) is 4.90 Å². The van der Waals surface area contributed by atoms with Crippen molar-refractivity contribution in [2.45, 2.75) is 44.4 Å². The van der Waals surface area contributed by atoms with Crippen molar-refractivity contribution in [2.75, 3.05) is 29.9 Å². The van der Waals surface area contributed by atoms with Gasteiger partial charge in [-0.1, -0.05) is 38.8 Å². The van der Waals surface area contributed by atoms with Gasteiger partial charge in [0.05, 0.1) is 11.6 Å². The van der Waals surface area contributed by atoms with E-state index in [0.29, 0.717) is 54.6 Å². The molecule has 7 nitrogen and oxygen atoms in total. The van der Waals surface area contributed by atoms with E-state index in [-0.39, 0.29) is 23.3 Å². The third-order valence-electron chi connectivity index (χ3n) is 6.40. The molecule has 0 bridgehead atoms. The summed E-state index contributed by atoms with van der Waals surface area (Å²) in [7, 11) is -3.91. The van der Waals surface area contributed by atoms with Gasteiger partial charge in [-0.2, -0.15) is 4.31 Å². The highest BCUT2D eigenvalue weighted by Crippen LogP contribution is 2.40. The van der Waals surface area contributed by atoms with Crippen LogP contribution in [0.5, 0.6) is 0 Å². The minimum absolute atomic E-state index is 0.0989. The Morgan fingerprint density at radius 2 is 1.91 bits per heavy atom. The van der Waals surface area contributed by atoms with Crippen molar-refractivity contribution in [3.8, 4) is 0 Å². The smallest absolute Gasteiger partial charge is 0.245 e. The third kappa shape index (κ3) is 4.96. The Bertz CT molecular complexity index is 1250. The second kappa shape index (κ2) is 10.1. The van der Waals surface area contributed by atoms with Gasteiger partial charge >= 0.3 is 0 Å². The van der Waals surface area contributed by atoms with Gasteiger partial charge in [-0.15, -0.1) is 0 Å². The van der Waals surface area contributed by atoms with Crippen molar-refractivity contribution in [1.82, 2.24) is 4.31 Å². The minimum Gasteiger partial charge on any atom is -0.326 e. The van der Waals surface area contributed by atoms with Gasteiger partial charge in [-0.25, -0.2) is 8.42 Å². The van der Waals surface area contributed by atoms with E-state index < -0.39 is 15.9 Å². The lowest BCUT2D eigenvalue weighted by Gasteiger charge is -2.32. The number of carbonyl (C=O) groups is 2. The molecule has 10 heteroatoms. The van der Waals surface area contributed by atoms with Crippen molar-refractivity contribution in [1.29, 1.82) is 0 Å². The van der Waals surface area contributed by atoms with Gasteiger partial charge in [-0.05, 0) is 67.6 Å². The Hall–Kier alpha value is -1.75. The molecule has 1 saturated heterocycles. The van der Waals surface area contributed by atoms with Gasteiger partial charge in [-0.3, -0.25) is 9.59 Å². The van der Waals surface area contributed by atoms with E-state index in [1.807, 2.05) is 31.2 Å². The van der Waals surface area contributed by atoms with E-state index in [9.17, 15) is 18.0 Å². The summed E-state index contributed by atoms with van der Waals surface area (Å²) in [6.45, 7) is 4.63. The number of rotatable bonds is 5. The summed E-state index contributed by atoms with van der Waals surface area (Å²) in [4.78, 5) is 27.2. The van der Waals surface area contributed by atoms with Gasteiger partial charge in [0.2, 0.25) is 21.8 Å². The Kier molecular flexibility index (Phi) is 7.52. The summed E-state index contributed by atoms with van der Waals surface area (Å²) in [6.07, 6.45) is 2.12. The van der Waals surface area contributed by atoms with Crippen LogP contribution >= 0.6 is 31.9 Å². The number of hydrogen-bond acceptors (Lipinski definition) is 4. The Balaban J connectivity index is 1.59. The molecule has 4 rings (SSSR count). The summed E-state index contributed by atoms with van der Waals surface area (Å²) < 4.78 is 30.6. The molecule has 2 heterocycles. The number of hydrogen-bond donors (Lipinski definition) is 1. The lowest BCUT2D eigenvalue weighted by Crippen LogP contribution is -2.44. The van der Waals surface area contributed by atoms with Crippen LogP contribution in [-0.4, -0.2) is 44.2 Å². The van der Waals surface area contributed by atoms with Gasteiger partial charge in [0, 0.05) is 40.7 Å². The van der Waals surface area contributed by atoms with Crippen LogP contribution in [0.15, 0.2) is 44.2 Å². The maximum absolute atomic E-state index is 13.8. The number of halogens is 2. The van der Waals surface area contributed by atoms with Crippen LogP contribution in [0.2, 0.25) is 0 Å². The molecule has 0 aliphatic carbocycles. The first-order chi connectivity index (χ1) is 16.1. The number of benzene rings is 2. The van der Waals surface area contributed by atoms with E-state index in [4.69, 9.17) is 0 Å². The van der Waals surface area contributed by atoms with Crippen molar-refractivity contribution in [3.05, 3.63) is 50.4 Å². The molecule has 2 aromatic rings. The molecular weight excluding hydrogens is 586 g/mol. The predicted octanol–water partition coefficient (Wildman–Crippen LogP) is 4.86. The van der Waals surface area contributed by atoms with Crippen LogP contribution < -0.4 is 10.2 Å². The molecule has 34 heavy (non-hydrogen) atoms. The molecule has 0 aromatic heterocycles. The second-order valence-corrected chi connectivity index (χ2v) is 12.4. The average molecular weight is 613 g/mol. The number of nitrogens with zero attached hydrogens (tertiary/aromatic N) is 2. The van der Waals surface area contributed by atoms with Crippen LogP contribution in [0.3, 0.4) is 0 Å². The molecule has 1 unspecified atom stereocenters. The number of carbonyl (C=O) groups excluding carboxylic acids is 2. The maximum atomic E-state index is 13.8. The fraction of sp³-hybridized carbons (Fsp3) is 0.417. The van der Waals surface area contributed by atoms with Gasteiger partial charge < -0.3 is 10.2 Å². The van der Waals surface area contributed by atoms with Crippen LogP contribution in [-0.2, 0) is 26.0 Å². The number of amides is 2. The van der Waals surface area contributed by atoms with Crippen LogP contribution in [0.4, 0.5) is 11.4 Å². The maximum Gasteiger partial charge on any atom is 0.245 e. The highest BCUT2D eigenvalue weighted by molar-refractivity contribution is 9.10. The Labute approximate surface area is 217 Å². The molecule has 2 aliphatic rings. The number of sulfonamides is 1. The molecule has 2 aliphatic heterocycles. The predicted molar refractivity (Wildman–Crippen MR) is 139 cm³/mol. The molecule has 0 spiro atoms. The second-order valence-electron chi connectivity index (χ2n) is 8.72. The average Bonchev–Trinajstić information content (AvgIpc) is 3.24. The molecule has 1 fully saturated rings. The van der Waals surface area contributed by atoms with Gasteiger partial charge in [0.15, 0.2) is 0 Å². The highest BCUT2D eigenvalue weighted by atomic mass is 79.9. The Morgan fingerprint density at radius 3 is 2.62 bits per heavy atom. The number of nitrogens with one attached hydrogen (secondary N) is 1. The van der Waals surface area contributed by atoms with Crippen molar-refractivity contribution < 1.29 is 18.0 Å². The summed E-state index contributed by atoms with van der Waals surface area (Å²) in [6, 6.07) is 9.02. The zero-order chi connectivity index (χ0) is 24.6. The summed E-state index contributed by atoms with van der Waals surface area (Å²) in [5, 5.41) is 2.93. The monoisotopic (exact) mass is 611 g/mol. The van der Waals surface area contributed by atoms with Crippen molar-refractivity contribution >= 4 is 65.1 Å². The van der Waals surface area contributed by atoms with Crippen molar-refractivity contribution in [2.24, 2.45) is 5.92 Å². The first kappa shape index (κ1) is 25.3. The lowest BCUT2D eigenvalue weighted by atomic mass is 9.98. The number of piperidine rings is 1. The molecule has 2 amide bonds. The lowest BCUT2D eigenvalue weighted by molar-refractivity contribution is -0.121. The highest BCUT2D eigenvalue weighted by Gasteiger charge is 2.38. The first-order valence-electron chi connectivity index (χ1n) is 11.3.